The first-order valence-corrected chi connectivity index (χ1v) is 12.2. The molecule has 3 nitrogen and oxygen atoms in total. The van der Waals surface area contributed by atoms with Gasteiger partial charge in [0.05, 0.1) is 12.2 Å². The van der Waals surface area contributed by atoms with E-state index < -0.39 is 0 Å². The van der Waals surface area contributed by atoms with Crippen molar-refractivity contribution in [3.8, 4) is 22.3 Å². The van der Waals surface area contributed by atoms with Crippen LogP contribution in [0.15, 0.2) is 70.9 Å². The van der Waals surface area contributed by atoms with Crippen molar-refractivity contribution in [2.24, 2.45) is 15.6 Å². The molecule has 3 aromatic rings. The fourth-order valence-electron chi connectivity index (χ4n) is 3.82. The normalized spacial score (nSPS) is 13.0. The van der Waals surface area contributed by atoms with E-state index in [1.807, 2.05) is 0 Å². The summed E-state index contributed by atoms with van der Waals surface area (Å²) < 4.78 is 0. The van der Waals surface area contributed by atoms with Crippen molar-refractivity contribution in [3.05, 3.63) is 71.8 Å². The molecule has 0 aliphatic carbocycles. The fourth-order valence-corrected chi connectivity index (χ4v) is 3.82. The molecule has 0 amide bonds. The van der Waals surface area contributed by atoms with Gasteiger partial charge in [0.15, 0.2) is 0 Å². The number of rotatable bonds is 4. The molecule has 0 aliphatic rings. The van der Waals surface area contributed by atoms with E-state index in [9.17, 15) is 0 Å². The molecule has 0 fully saturated rings. The summed E-state index contributed by atoms with van der Waals surface area (Å²) >= 11 is 0. The van der Waals surface area contributed by atoms with Crippen LogP contribution in [-0.2, 0) is 10.8 Å². The van der Waals surface area contributed by atoms with Crippen LogP contribution in [0.25, 0.3) is 22.3 Å². The SMILES string of the molecule is CC(C)(C)CN=Nc1c(-c2ccc(C(C)(C)C)cc2)ccc(-c2ccc(C(C)(C)C)cc2)c1N. The molecule has 2 N–H and O–H groups in total. The van der Waals surface area contributed by atoms with E-state index >= 15 is 0 Å². The molecule has 0 heterocycles. The molecular weight excluding hydrogens is 414 g/mol. The van der Waals surface area contributed by atoms with Gasteiger partial charge >= 0.3 is 0 Å². The summed E-state index contributed by atoms with van der Waals surface area (Å²) in [6.45, 7) is 20.5. The van der Waals surface area contributed by atoms with Crippen molar-refractivity contribution < 1.29 is 0 Å². The van der Waals surface area contributed by atoms with Gasteiger partial charge in [0.25, 0.3) is 0 Å². The minimum absolute atomic E-state index is 0.0627. The molecule has 0 unspecified atom stereocenters. The van der Waals surface area contributed by atoms with Crippen LogP contribution in [0.3, 0.4) is 0 Å². The molecular formula is C31H41N3. The minimum Gasteiger partial charge on any atom is -0.396 e. The summed E-state index contributed by atoms with van der Waals surface area (Å²) in [5.41, 5.74) is 15.2. The average Bonchev–Trinajstić information content (AvgIpc) is 2.73. The standard InChI is InChI=1S/C31H41N3/c1-29(2,3)20-33-34-28-26(22-12-16-24(17-13-22)31(7,8)9)19-18-25(27(28)32)21-10-14-23(15-11-21)30(4,5)6/h10-19H,20,32H2,1-9H3. The van der Waals surface area contributed by atoms with Crippen molar-refractivity contribution >= 4 is 11.4 Å². The first-order valence-electron chi connectivity index (χ1n) is 12.2. The first kappa shape index (κ1) is 25.7. The maximum Gasteiger partial charge on any atom is 0.117 e. The van der Waals surface area contributed by atoms with Gasteiger partial charge in [-0.15, -0.1) is 0 Å². The molecule has 3 aromatic carbocycles. The predicted molar refractivity (Wildman–Crippen MR) is 148 cm³/mol. The molecule has 0 aliphatic heterocycles. The Balaban J connectivity index is 2.10. The molecule has 0 bridgehead atoms. The number of hydrogen-bond donors (Lipinski definition) is 1. The van der Waals surface area contributed by atoms with Gasteiger partial charge in [-0.05, 0) is 38.5 Å². The van der Waals surface area contributed by atoms with Crippen LogP contribution in [0.2, 0.25) is 0 Å². The van der Waals surface area contributed by atoms with Crippen molar-refractivity contribution in [3.63, 3.8) is 0 Å². The highest BCUT2D eigenvalue weighted by atomic mass is 15.1. The molecule has 34 heavy (non-hydrogen) atoms. The van der Waals surface area contributed by atoms with E-state index in [0.29, 0.717) is 12.2 Å². The Kier molecular flexibility index (Phi) is 7.07. The Morgan fingerprint density at radius 1 is 0.588 bits per heavy atom. The number of nitrogen functional groups attached to an aromatic ring is 1. The molecule has 0 aromatic heterocycles. The number of benzene rings is 3. The molecule has 0 saturated carbocycles. The van der Waals surface area contributed by atoms with Gasteiger partial charge in [-0.1, -0.05) is 123 Å². The minimum atomic E-state index is 0.0627. The summed E-state index contributed by atoms with van der Waals surface area (Å²) in [6.07, 6.45) is 0. The second kappa shape index (κ2) is 9.37. The largest absolute Gasteiger partial charge is 0.396 e. The zero-order chi connectivity index (χ0) is 25.3. The maximum absolute atomic E-state index is 6.77. The summed E-state index contributed by atoms with van der Waals surface area (Å²) in [4.78, 5) is 0. The molecule has 0 radical (unpaired) electrons. The lowest BCUT2D eigenvalue weighted by atomic mass is 9.85. The van der Waals surface area contributed by atoms with Crippen molar-refractivity contribution in [1.29, 1.82) is 0 Å². The summed E-state index contributed by atoms with van der Waals surface area (Å²) in [5.74, 6) is 0. The highest BCUT2D eigenvalue weighted by Gasteiger charge is 2.18. The van der Waals surface area contributed by atoms with E-state index in [1.54, 1.807) is 0 Å². The Morgan fingerprint density at radius 3 is 1.41 bits per heavy atom. The molecule has 3 heteroatoms. The van der Waals surface area contributed by atoms with Gasteiger partial charge < -0.3 is 5.73 Å². The van der Waals surface area contributed by atoms with Crippen molar-refractivity contribution in [1.82, 2.24) is 0 Å². The summed E-state index contributed by atoms with van der Waals surface area (Å²) in [6, 6.07) is 21.6. The van der Waals surface area contributed by atoms with Gasteiger partial charge in [0, 0.05) is 11.1 Å². The highest BCUT2D eigenvalue weighted by Crippen LogP contribution is 2.42. The predicted octanol–water partition coefficient (Wildman–Crippen LogP) is 9.33. The zero-order valence-electron chi connectivity index (χ0n) is 22.5. The van der Waals surface area contributed by atoms with Crippen LogP contribution < -0.4 is 5.73 Å². The van der Waals surface area contributed by atoms with Gasteiger partial charge in [0.1, 0.15) is 5.69 Å². The number of anilines is 1. The van der Waals surface area contributed by atoms with Gasteiger partial charge in [0.2, 0.25) is 0 Å². The molecule has 0 saturated heterocycles. The second-order valence-corrected chi connectivity index (χ2v) is 12.5. The number of azo groups is 1. The van der Waals surface area contributed by atoms with Gasteiger partial charge in [-0.25, -0.2) is 0 Å². The van der Waals surface area contributed by atoms with Crippen LogP contribution in [-0.4, -0.2) is 6.54 Å². The Labute approximate surface area is 206 Å². The van der Waals surface area contributed by atoms with E-state index in [0.717, 1.165) is 27.9 Å². The molecule has 0 atom stereocenters. The van der Waals surface area contributed by atoms with Crippen molar-refractivity contribution in [2.75, 3.05) is 12.3 Å². The van der Waals surface area contributed by atoms with Gasteiger partial charge in [-0.3, -0.25) is 0 Å². The first-order chi connectivity index (χ1) is 15.7. The van der Waals surface area contributed by atoms with Crippen LogP contribution >= 0.6 is 0 Å². The monoisotopic (exact) mass is 455 g/mol. The second-order valence-electron chi connectivity index (χ2n) is 12.5. The molecule has 0 spiro atoms. The average molecular weight is 456 g/mol. The van der Waals surface area contributed by atoms with E-state index in [-0.39, 0.29) is 16.2 Å². The Morgan fingerprint density at radius 2 is 1.00 bits per heavy atom. The van der Waals surface area contributed by atoms with E-state index in [4.69, 9.17) is 5.73 Å². The third-order valence-electron chi connectivity index (χ3n) is 6.06. The van der Waals surface area contributed by atoms with Gasteiger partial charge in [-0.2, -0.15) is 10.2 Å². The third-order valence-corrected chi connectivity index (χ3v) is 6.06. The lowest BCUT2D eigenvalue weighted by Gasteiger charge is -2.20. The topological polar surface area (TPSA) is 50.7 Å². The fraction of sp³-hybridized carbons (Fsp3) is 0.419. The number of hydrogen-bond acceptors (Lipinski definition) is 3. The summed E-state index contributed by atoms with van der Waals surface area (Å²) in [7, 11) is 0. The highest BCUT2D eigenvalue weighted by molar-refractivity contribution is 5.93. The van der Waals surface area contributed by atoms with Crippen LogP contribution in [0.4, 0.5) is 11.4 Å². The Hall–Kier alpha value is -2.94. The van der Waals surface area contributed by atoms with Crippen LogP contribution in [0.1, 0.15) is 73.4 Å². The summed E-state index contributed by atoms with van der Waals surface area (Å²) in [5, 5.41) is 9.22. The zero-order valence-corrected chi connectivity index (χ0v) is 22.5. The quantitative estimate of drug-likeness (QED) is 0.309. The molecule has 3 rings (SSSR count). The number of nitrogens with two attached hydrogens (primary N) is 1. The van der Waals surface area contributed by atoms with Crippen LogP contribution in [0, 0.1) is 5.41 Å². The lowest BCUT2D eigenvalue weighted by Crippen LogP contribution is -2.10. The molecule has 180 valence electrons. The number of nitrogens with zero attached hydrogens (tertiary/aromatic N) is 2. The van der Waals surface area contributed by atoms with Crippen LogP contribution in [0.5, 0.6) is 0 Å². The smallest absolute Gasteiger partial charge is 0.117 e. The van der Waals surface area contributed by atoms with Crippen molar-refractivity contribution in [2.45, 2.75) is 73.1 Å². The lowest BCUT2D eigenvalue weighted by molar-refractivity contribution is 0.422. The van der Waals surface area contributed by atoms with E-state index in [2.05, 4.69) is 133 Å². The Bertz CT molecular complexity index is 1150. The van der Waals surface area contributed by atoms with E-state index in [1.165, 1.54) is 11.1 Å². The maximum atomic E-state index is 6.77. The third kappa shape index (κ3) is 6.14.